The van der Waals surface area contributed by atoms with E-state index >= 15 is 0 Å². The minimum atomic E-state index is 0.455. The predicted molar refractivity (Wildman–Crippen MR) is 67.8 cm³/mol. The minimum absolute atomic E-state index is 0.455. The Hall–Kier alpha value is -0.870. The van der Waals surface area contributed by atoms with Crippen LogP contribution in [0.4, 0.5) is 0 Å². The van der Waals surface area contributed by atoms with Gasteiger partial charge in [-0.05, 0) is 19.3 Å². The highest BCUT2D eigenvalue weighted by atomic mass is 16.5. The van der Waals surface area contributed by atoms with Crippen LogP contribution in [0, 0.1) is 0 Å². The maximum absolute atomic E-state index is 5.61. The van der Waals surface area contributed by atoms with Gasteiger partial charge in [0.05, 0.1) is 12.3 Å². The fourth-order valence-corrected chi connectivity index (χ4v) is 2.09. The molecule has 1 aliphatic heterocycles. The van der Waals surface area contributed by atoms with Crippen molar-refractivity contribution in [2.24, 2.45) is 0 Å². The molecular weight excluding hydrogens is 214 g/mol. The number of aryl methyl sites for hydroxylation is 1. The highest BCUT2D eigenvalue weighted by Crippen LogP contribution is 2.15. The zero-order valence-electron chi connectivity index (χ0n) is 10.9. The van der Waals surface area contributed by atoms with Gasteiger partial charge >= 0.3 is 0 Å². The van der Waals surface area contributed by atoms with Crippen LogP contribution in [0.15, 0.2) is 12.4 Å². The Bertz CT molecular complexity index is 329. The van der Waals surface area contributed by atoms with E-state index in [1.165, 1.54) is 18.4 Å². The SMILES string of the molecule is CC(C)NCc1cnn(CCC2CCCO2)c1. The summed E-state index contributed by atoms with van der Waals surface area (Å²) in [5.41, 5.74) is 1.26. The average molecular weight is 237 g/mol. The fourth-order valence-electron chi connectivity index (χ4n) is 2.09. The van der Waals surface area contributed by atoms with Gasteiger partial charge in [-0.3, -0.25) is 4.68 Å². The highest BCUT2D eigenvalue weighted by molar-refractivity contribution is 5.03. The number of hydrogen-bond acceptors (Lipinski definition) is 3. The molecule has 4 nitrogen and oxygen atoms in total. The summed E-state index contributed by atoms with van der Waals surface area (Å²) in [6.45, 7) is 7.11. The third-order valence-electron chi connectivity index (χ3n) is 3.11. The van der Waals surface area contributed by atoms with Gasteiger partial charge in [-0.15, -0.1) is 0 Å². The highest BCUT2D eigenvalue weighted by Gasteiger charge is 2.15. The molecule has 0 aromatic carbocycles. The van der Waals surface area contributed by atoms with Crippen LogP contribution in [0.1, 0.15) is 38.7 Å². The summed E-state index contributed by atoms with van der Waals surface area (Å²) in [4.78, 5) is 0. The molecule has 1 unspecified atom stereocenters. The molecule has 4 heteroatoms. The van der Waals surface area contributed by atoms with Crippen molar-refractivity contribution in [1.82, 2.24) is 15.1 Å². The number of nitrogens with zero attached hydrogens (tertiary/aromatic N) is 2. The first-order valence-corrected chi connectivity index (χ1v) is 6.60. The Kier molecular flexibility index (Phi) is 4.57. The Morgan fingerprint density at radius 3 is 3.18 bits per heavy atom. The molecule has 0 radical (unpaired) electrons. The molecule has 0 spiro atoms. The number of nitrogens with one attached hydrogen (secondary N) is 1. The van der Waals surface area contributed by atoms with E-state index < -0.39 is 0 Å². The van der Waals surface area contributed by atoms with E-state index in [1.807, 2.05) is 10.9 Å². The number of ether oxygens (including phenoxy) is 1. The normalized spacial score (nSPS) is 20.3. The first-order chi connectivity index (χ1) is 8.24. The molecule has 1 N–H and O–H groups in total. The molecule has 1 fully saturated rings. The first kappa shape index (κ1) is 12.6. The van der Waals surface area contributed by atoms with Crippen LogP contribution in [-0.2, 0) is 17.8 Å². The third kappa shape index (κ3) is 4.13. The molecule has 2 rings (SSSR count). The van der Waals surface area contributed by atoms with Gasteiger partial charge in [0.15, 0.2) is 0 Å². The lowest BCUT2D eigenvalue weighted by atomic mass is 10.2. The molecule has 0 saturated carbocycles. The lowest BCUT2D eigenvalue weighted by molar-refractivity contribution is 0.0994. The van der Waals surface area contributed by atoms with E-state index in [2.05, 4.69) is 30.5 Å². The zero-order chi connectivity index (χ0) is 12.1. The van der Waals surface area contributed by atoms with Crippen LogP contribution in [0.25, 0.3) is 0 Å². The van der Waals surface area contributed by atoms with Crippen LogP contribution in [0.3, 0.4) is 0 Å². The number of hydrogen-bond donors (Lipinski definition) is 1. The van der Waals surface area contributed by atoms with Gasteiger partial charge in [0, 0.05) is 37.5 Å². The lowest BCUT2D eigenvalue weighted by Crippen LogP contribution is -2.21. The maximum atomic E-state index is 5.61. The van der Waals surface area contributed by atoms with Crippen LogP contribution < -0.4 is 5.32 Å². The molecule has 96 valence electrons. The van der Waals surface area contributed by atoms with E-state index in [0.29, 0.717) is 12.1 Å². The second-order valence-electron chi connectivity index (χ2n) is 5.07. The second kappa shape index (κ2) is 6.17. The standard InChI is InChI=1S/C13H23N3O/c1-11(2)14-8-12-9-15-16(10-12)6-5-13-4-3-7-17-13/h9-11,13-14H,3-8H2,1-2H3. The molecule has 0 aliphatic carbocycles. The van der Waals surface area contributed by atoms with Crippen molar-refractivity contribution in [2.75, 3.05) is 6.61 Å². The van der Waals surface area contributed by atoms with Crippen molar-refractivity contribution >= 4 is 0 Å². The van der Waals surface area contributed by atoms with Crippen LogP contribution in [0.5, 0.6) is 0 Å². The summed E-state index contributed by atoms with van der Waals surface area (Å²) in [6, 6.07) is 0.519. The van der Waals surface area contributed by atoms with E-state index in [9.17, 15) is 0 Å². The molecule has 1 saturated heterocycles. The second-order valence-corrected chi connectivity index (χ2v) is 5.07. The molecule has 2 heterocycles. The van der Waals surface area contributed by atoms with Crippen molar-refractivity contribution in [3.8, 4) is 0 Å². The monoisotopic (exact) mass is 237 g/mol. The predicted octanol–water partition coefficient (Wildman–Crippen LogP) is 1.95. The summed E-state index contributed by atoms with van der Waals surface area (Å²) >= 11 is 0. The molecule has 0 amide bonds. The van der Waals surface area contributed by atoms with Crippen LogP contribution in [-0.4, -0.2) is 28.5 Å². The van der Waals surface area contributed by atoms with Crippen molar-refractivity contribution in [1.29, 1.82) is 0 Å². The molecule has 1 aromatic heterocycles. The molecule has 0 bridgehead atoms. The summed E-state index contributed by atoms with van der Waals surface area (Å²) in [6.07, 6.45) is 8.04. The van der Waals surface area contributed by atoms with E-state index in [4.69, 9.17) is 4.74 Å². The summed E-state index contributed by atoms with van der Waals surface area (Å²) in [5, 5.41) is 7.77. The zero-order valence-corrected chi connectivity index (χ0v) is 10.9. The lowest BCUT2D eigenvalue weighted by Gasteiger charge is -2.08. The van der Waals surface area contributed by atoms with Crippen LogP contribution in [0.2, 0.25) is 0 Å². The quantitative estimate of drug-likeness (QED) is 0.822. The number of aromatic nitrogens is 2. The van der Waals surface area contributed by atoms with Crippen molar-refractivity contribution in [3.05, 3.63) is 18.0 Å². The molecule has 1 atom stereocenters. The van der Waals surface area contributed by atoms with Crippen molar-refractivity contribution < 1.29 is 4.74 Å². The molecule has 17 heavy (non-hydrogen) atoms. The first-order valence-electron chi connectivity index (χ1n) is 6.60. The summed E-state index contributed by atoms with van der Waals surface area (Å²) in [5.74, 6) is 0. The van der Waals surface area contributed by atoms with E-state index in [-0.39, 0.29) is 0 Å². The smallest absolute Gasteiger partial charge is 0.0593 e. The number of rotatable bonds is 6. The van der Waals surface area contributed by atoms with Gasteiger partial charge < -0.3 is 10.1 Å². The largest absolute Gasteiger partial charge is 0.378 e. The minimum Gasteiger partial charge on any atom is -0.378 e. The van der Waals surface area contributed by atoms with Crippen molar-refractivity contribution in [3.63, 3.8) is 0 Å². The van der Waals surface area contributed by atoms with E-state index in [0.717, 1.165) is 26.1 Å². The van der Waals surface area contributed by atoms with Gasteiger partial charge in [0.2, 0.25) is 0 Å². The van der Waals surface area contributed by atoms with E-state index in [1.54, 1.807) is 0 Å². The van der Waals surface area contributed by atoms with Gasteiger partial charge in [-0.1, -0.05) is 13.8 Å². The van der Waals surface area contributed by atoms with Crippen LogP contribution >= 0.6 is 0 Å². The van der Waals surface area contributed by atoms with Gasteiger partial charge in [-0.25, -0.2) is 0 Å². The van der Waals surface area contributed by atoms with Gasteiger partial charge in [0.25, 0.3) is 0 Å². The Morgan fingerprint density at radius 1 is 1.59 bits per heavy atom. The fraction of sp³-hybridized carbons (Fsp3) is 0.769. The Labute approximate surface area is 103 Å². The Morgan fingerprint density at radius 2 is 2.47 bits per heavy atom. The van der Waals surface area contributed by atoms with Crippen molar-refractivity contribution in [2.45, 2.75) is 58.3 Å². The topological polar surface area (TPSA) is 39.1 Å². The Balaban J connectivity index is 1.73. The third-order valence-corrected chi connectivity index (χ3v) is 3.11. The van der Waals surface area contributed by atoms with Gasteiger partial charge in [0.1, 0.15) is 0 Å². The molecule has 1 aliphatic rings. The van der Waals surface area contributed by atoms with Gasteiger partial charge in [-0.2, -0.15) is 5.10 Å². The average Bonchev–Trinajstić information content (AvgIpc) is 2.95. The maximum Gasteiger partial charge on any atom is 0.0593 e. The summed E-state index contributed by atoms with van der Waals surface area (Å²) < 4.78 is 7.63. The molecular formula is C13H23N3O. The summed E-state index contributed by atoms with van der Waals surface area (Å²) in [7, 11) is 0. The molecule has 1 aromatic rings.